The van der Waals surface area contributed by atoms with Crippen molar-refractivity contribution in [1.29, 1.82) is 0 Å². The van der Waals surface area contributed by atoms with Crippen molar-refractivity contribution >= 4 is 17.6 Å². The summed E-state index contributed by atoms with van der Waals surface area (Å²) in [6, 6.07) is 11.0. The van der Waals surface area contributed by atoms with Crippen molar-refractivity contribution in [2.45, 2.75) is 38.6 Å². The molecule has 0 saturated carbocycles. The third-order valence-electron chi connectivity index (χ3n) is 5.16. The number of rotatable bonds is 3. The molecule has 3 rings (SSSR count). The van der Waals surface area contributed by atoms with Crippen molar-refractivity contribution in [1.82, 2.24) is 0 Å². The zero-order valence-corrected chi connectivity index (χ0v) is 15.5. The van der Waals surface area contributed by atoms with E-state index in [0.29, 0.717) is 11.5 Å². The van der Waals surface area contributed by atoms with Gasteiger partial charge in [-0.2, -0.15) is 0 Å². The number of nitrogens with zero attached hydrogens (tertiary/aromatic N) is 2. The van der Waals surface area contributed by atoms with Crippen LogP contribution in [0.3, 0.4) is 0 Å². The molecule has 1 atom stereocenters. The fraction of sp³-hybridized carbons (Fsp3) is 0.381. The predicted molar refractivity (Wildman–Crippen MR) is 102 cm³/mol. The molecule has 1 aliphatic heterocycles. The van der Waals surface area contributed by atoms with Gasteiger partial charge in [0.15, 0.2) is 0 Å². The van der Waals surface area contributed by atoms with Crippen LogP contribution in [0.4, 0.5) is 15.8 Å². The molecule has 1 heterocycles. The van der Waals surface area contributed by atoms with E-state index in [0.717, 1.165) is 23.5 Å². The molecule has 1 unspecified atom stereocenters. The van der Waals surface area contributed by atoms with Gasteiger partial charge in [0.25, 0.3) is 0 Å². The van der Waals surface area contributed by atoms with Crippen LogP contribution in [0.1, 0.15) is 44.2 Å². The first kappa shape index (κ1) is 17.5. The maximum atomic E-state index is 14.6. The first-order chi connectivity index (χ1) is 11.8. The fourth-order valence-electron chi connectivity index (χ4n) is 3.54. The van der Waals surface area contributed by atoms with E-state index in [2.05, 4.69) is 30.7 Å². The minimum atomic E-state index is -0.248. The second kappa shape index (κ2) is 6.51. The topological polar surface area (TPSA) is 24.8 Å². The van der Waals surface area contributed by atoms with Crippen LogP contribution in [0, 0.1) is 5.82 Å². The van der Waals surface area contributed by atoms with Gasteiger partial charge < -0.3 is 9.64 Å². The van der Waals surface area contributed by atoms with Gasteiger partial charge in [-0.15, -0.1) is 0 Å². The summed E-state index contributed by atoms with van der Waals surface area (Å²) >= 11 is 0. The van der Waals surface area contributed by atoms with Crippen LogP contribution in [-0.2, 0) is 0 Å². The standard InChI is InChI=1S/C21H25FN2O/c1-14-12-21(2,3)24(4)20-11-19(22)15(9-18(14)20)13-23-16-7-6-8-17(10-16)25-5/h6-11,13-14H,12H2,1-5H3. The molecule has 0 bridgehead atoms. The Kier molecular flexibility index (Phi) is 4.55. The molecule has 2 aromatic rings. The van der Waals surface area contributed by atoms with Gasteiger partial charge in [0, 0.05) is 36.1 Å². The van der Waals surface area contributed by atoms with Crippen molar-refractivity contribution in [2.24, 2.45) is 4.99 Å². The zero-order valence-electron chi connectivity index (χ0n) is 15.5. The number of hydrogen-bond acceptors (Lipinski definition) is 3. The Bertz CT molecular complexity index is 814. The largest absolute Gasteiger partial charge is 0.497 e. The quantitative estimate of drug-likeness (QED) is 0.708. The molecular weight excluding hydrogens is 315 g/mol. The highest BCUT2D eigenvalue weighted by Crippen LogP contribution is 2.43. The van der Waals surface area contributed by atoms with Crippen LogP contribution in [0.25, 0.3) is 0 Å². The van der Waals surface area contributed by atoms with Crippen LogP contribution in [0.15, 0.2) is 41.4 Å². The predicted octanol–water partition coefficient (Wildman–Crippen LogP) is 5.31. The highest BCUT2D eigenvalue weighted by molar-refractivity contribution is 5.84. The van der Waals surface area contributed by atoms with E-state index in [4.69, 9.17) is 4.74 Å². The fourth-order valence-corrected chi connectivity index (χ4v) is 3.54. The number of anilines is 1. The van der Waals surface area contributed by atoms with Gasteiger partial charge in [-0.05, 0) is 56.0 Å². The van der Waals surface area contributed by atoms with Gasteiger partial charge in [0.1, 0.15) is 11.6 Å². The Morgan fingerprint density at radius 2 is 2.04 bits per heavy atom. The Morgan fingerprint density at radius 3 is 2.76 bits per heavy atom. The van der Waals surface area contributed by atoms with Gasteiger partial charge >= 0.3 is 0 Å². The van der Waals surface area contributed by atoms with Gasteiger partial charge in [-0.1, -0.05) is 13.0 Å². The molecule has 2 aromatic carbocycles. The number of hydrogen-bond donors (Lipinski definition) is 0. The third kappa shape index (κ3) is 3.39. The SMILES string of the molecule is COc1cccc(N=Cc2cc3c(cc2F)N(C)C(C)(C)CC3C)c1. The number of ether oxygens (including phenoxy) is 1. The number of benzene rings is 2. The second-order valence-corrected chi connectivity index (χ2v) is 7.37. The molecule has 4 heteroatoms. The van der Waals surface area contributed by atoms with Crippen molar-refractivity contribution < 1.29 is 9.13 Å². The molecule has 3 nitrogen and oxygen atoms in total. The van der Waals surface area contributed by atoms with Crippen LogP contribution >= 0.6 is 0 Å². The highest BCUT2D eigenvalue weighted by atomic mass is 19.1. The number of methoxy groups -OCH3 is 1. The van der Waals surface area contributed by atoms with Crippen molar-refractivity contribution in [3.8, 4) is 5.75 Å². The molecule has 25 heavy (non-hydrogen) atoms. The molecule has 0 aromatic heterocycles. The average molecular weight is 340 g/mol. The van der Waals surface area contributed by atoms with E-state index in [9.17, 15) is 4.39 Å². The lowest BCUT2D eigenvalue weighted by Gasteiger charge is -2.45. The van der Waals surface area contributed by atoms with Crippen LogP contribution in [0.2, 0.25) is 0 Å². The van der Waals surface area contributed by atoms with Gasteiger partial charge in [-0.25, -0.2) is 4.39 Å². The normalized spacial score (nSPS) is 19.1. The van der Waals surface area contributed by atoms with E-state index >= 15 is 0 Å². The Balaban J connectivity index is 1.96. The molecule has 132 valence electrons. The number of aliphatic imine (C=N–C) groups is 1. The molecule has 0 aliphatic carbocycles. The van der Waals surface area contributed by atoms with E-state index < -0.39 is 0 Å². The Morgan fingerprint density at radius 1 is 1.28 bits per heavy atom. The summed E-state index contributed by atoms with van der Waals surface area (Å²) in [5.41, 5.74) is 3.43. The first-order valence-corrected chi connectivity index (χ1v) is 8.57. The summed E-state index contributed by atoms with van der Waals surface area (Å²) in [4.78, 5) is 6.58. The lowest BCUT2D eigenvalue weighted by Crippen LogP contribution is -2.45. The van der Waals surface area contributed by atoms with Crippen LogP contribution < -0.4 is 9.64 Å². The molecular formula is C21H25FN2O. The molecule has 0 radical (unpaired) electrons. The molecule has 0 fully saturated rings. The summed E-state index contributed by atoms with van der Waals surface area (Å²) in [6.07, 6.45) is 2.63. The van der Waals surface area contributed by atoms with E-state index in [1.165, 1.54) is 5.56 Å². The lowest BCUT2D eigenvalue weighted by molar-refractivity contribution is 0.394. The highest BCUT2D eigenvalue weighted by Gasteiger charge is 2.34. The second-order valence-electron chi connectivity index (χ2n) is 7.37. The molecule has 1 aliphatic rings. The van der Waals surface area contributed by atoms with Crippen molar-refractivity contribution in [2.75, 3.05) is 19.1 Å². The van der Waals surface area contributed by atoms with E-state index in [1.54, 1.807) is 19.4 Å². The summed E-state index contributed by atoms with van der Waals surface area (Å²) in [5.74, 6) is 0.867. The summed E-state index contributed by atoms with van der Waals surface area (Å²) in [6.45, 7) is 6.60. The number of halogens is 1. The average Bonchev–Trinajstić information content (AvgIpc) is 2.58. The Hall–Kier alpha value is -2.36. The maximum absolute atomic E-state index is 14.6. The maximum Gasteiger partial charge on any atom is 0.134 e. The third-order valence-corrected chi connectivity index (χ3v) is 5.16. The van der Waals surface area contributed by atoms with Crippen LogP contribution in [0.5, 0.6) is 5.75 Å². The first-order valence-electron chi connectivity index (χ1n) is 8.57. The summed E-state index contributed by atoms with van der Waals surface area (Å²) < 4.78 is 19.8. The molecule has 0 N–H and O–H groups in total. The molecule has 0 spiro atoms. The van der Waals surface area contributed by atoms with Gasteiger partial charge in [-0.3, -0.25) is 4.99 Å². The monoisotopic (exact) mass is 340 g/mol. The van der Waals surface area contributed by atoms with Crippen LogP contribution in [-0.4, -0.2) is 25.9 Å². The summed E-state index contributed by atoms with van der Waals surface area (Å²) in [7, 11) is 3.65. The zero-order chi connectivity index (χ0) is 18.2. The van der Waals surface area contributed by atoms with E-state index in [-0.39, 0.29) is 11.4 Å². The van der Waals surface area contributed by atoms with Gasteiger partial charge in [0.05, 0.1) is 12.8 Å². The van der Waals surface area contributed by atoms with Gasteiger partial charge in [0.2, 0.25) is 0 Å². The minimum absolute atomic E-state index is 0.0229. The van der Waals surface area contributed by atoms with E-state index in [1.807, 2.05) is 37.4 Å². The molecule has 0 saturated heterocycles. The minimum Gasteiger partial charge on any atom is -0.497 e. The Labute approximate surface area is 149 Å². The van der Waals surface area contributed by atoms with Crippen molar-refractivity contribution in [3.05, 3.63) is 53.3 Å². The smallest absolute Gasteiger partial charge is 0.134 e. The molecule has 0 amide bonds. The number of fused-ring (bicyclic) bond motifs is 1. The lowest BCUT2D eigenvalue weighted by atomic mass is 9.80. The summed E-state index contributed by atoms with van der Waals surface area (Å²) in [5, 5.41) is 0. The van der Waals surface area contributed by atoms with Crippen molar-refractivity contribution in [3.63, 3.8) is 0 Å².